The number of rotatable bonds is 2. The molecule has 0 aliphatic carbocycles. The molecule has 3 aromatic rings. The van der Waals surface area contributed by atoms with Crippen molar-refractivity contribution in [3.05, 3.63) is 80.9 Å². The van der Waals surface area contributed by atoms with Gasteiger partial charge in [0.25, 0.3) is 17.4 Å². The van der Waals surface area contributed by atoms with Crippen LogP contribution in [-0.2, 0) is 0 Å². The molecule has 148 valence electrons. The monoisotopic (exact) mass is 413 g/mol. The molecule has 29 heavy (non-hydrogen) atoms. The average molecular weight is 414 g/mol. The van der Waals surface area contributed by atoms with E-state index in [2.05, 4.69) is 4.98 Å². The van der Waals surface area contributed by atoms with Crippen LogP contribution in [0.15, 0.2) is 53.3 Å². The number of aromatic nitrogens is 1. The number of amides is 2. The molecule has 0 spiro atoms. The maximum Gasteiger partial charge on any atom is 0.261 e. The Morgan fingerprint density at radius 2 is 1.52 bits per heavy atom. The van der Waals surface area contributed by atoms with Crippen LogP contribution in [0.25, 0.3) is 10.9 Å². The molecule has 0 unspecified atom stereocenters. The van der Waals surface area contributed by atoms with Crippen LogP contribution in [0.2, 0.25) is 5.02 Å². The Bertz CT molecular complexity index is 1170. The lowest BCUT2D eigenvalue weighted by Gasteiger charge is -2.34. The molecule has 0 radical (unpaired) electrons. The van der Waals surface area contributed by atoms with E-state index in [9.17, 15) is 18.8 Å². The summed E-state index contributed by atoms with van der Waals surface area (Å²) in [6.07, 6.45) is 0. The van der Waals surface area contributed by atoms with Crippen LogP contribution < -0.4 is 5.56 Å². The van der Waals surface area contributed by atoms with Gasteiger partial charge >= 0.3 is 0 Å². The number of nitrogens with one attached hydrogen (secondary N) is 1. The molecule has 1 fully saturated rings. The number of pyridine rings is 1. The van der Waals surface area contributed by atoms with Crippen molar-refractivity contribution in [1.29, 1.82) is 0 Å². The van der Waals surface area contributed by atoms with E-state index in [0.717, 1.165) is 11.5 Å². The van der Waals surface area contributed by atoms with Crippen molar-refractivity contribution in [3.63, 3.8) is 0 Å². The second-order valence-corrected chi connectivity index (χ2v) is 7.22. The summed E-state index contributed by atoms with van der Waals surface area (Å²) in [5.74, 6) is -1.20. The summed E-state index contributed by atoms with van der Waals surface area (Å²) in [5, 5.41) is 0.825. The summed E-state index contributed by atoms with van der Waals surface area (Å²) in [6.45, 7) is 1.17. The van der Waals surface area contributed by atoms with Crippen molar-refractivity contribution >= 4 is 34.3 Å². The standard InChI is InChI=1S/C21H17ClFN3O3/c22-17-12-14(23)5-6-15(17)20(28)25-7-9-26(10-8-25)21(29)16-11-13-3-1-2-4-18(13)24-19(16)27/h1-6,11-12H,7-10H2,(H,24,27). The number of halogens is 2. The Balaban J connectivity index is 1.48. The molecule has 0 bridgehead atoms. The average Bonchev–Trinajstić information content (AvgIpc) is 2.72. The second kappa shape index (κ2) is 7.67. The first kappa shape index (κ1) is 19.1. The Hall–Kier alpha value is -3.19. The number of nitrogens with zero attached hydrogens (tertiary/aromatic N) is 2. The van der Waals surface area contributed by atoms with Crippen molar-refractivity contribution in [3.8, 4) is 0 Å². The number of fused-ring (bicyclic) bond motifs is 1. The predicted molar refractivity (Wildman–Crippen MR) is 108 cm³/mol. The van der Waals surface area contributed by atoms with Gasteiger partial charge in [-0.15, -0.1) is 0 Å². The van der Waals surface area contributed by atoms with Crippen LogP contribution >= 0.6 is 11.6 Å². The van der Waals surface area contributed by atoms with E-state index >= 15 is 0 Å². The zero-order valence-electron chi connectivity index (χ0n) is 15.3. The first-order valence-corrected chi connectivity index (χ1v) is 9.47. The smallest absolute Gasteiger partial charge is 0.261 e. The van der Waals surface area contributed by atoms with E-state index in [1.54, 1.807) is 21.9 Å². The Labute approximate surface area is 170 Å². The highest BCUT2D eigenvalue weighted by atomic mass is 35.5. The molecule has 2 aromatic carbocycles. The van der Waals surface area contributed by atoms with Gasteiger partial charge in [0.15, 0.2) is 0 Å². The number of benzene rings is 2. The molecule has 1 saturated heterocycles. The Kier molecular flexibility index (Phi) is 5.07. The lowest BCUT2D eigenvalue weighted by Crippen LogP contribution is -2.51. The topological polar surface area (TPSA) is 73.5 Å². The number of piperazine rings is 1. The highest BCUT2D eigenvalue weighted by molar-refractivity contribution is 6.33. The lowest BCUT2D eigenvalue weighted by molar-refractivity contribution is 0.0534. The number of carbonyl (C=O) groups is 2. The third kappa shape index (κ3) is 3.73. The molecule has 8 heteroatoms. The molecule has 0 atom stereocenters. The second-order valence-electron chi connectivity index (χ2n) is 6.81. The number of H-pyrrole nitrogens is 1. The normalized spacial score (nSPS) is 14.3. The molecule has 2 heterocycles. The molecule has 1 aliphatic heterocycles. The number of carbonyl (C=O) groups excluding carboxylic acids is 2. The number of aromatic amines is 1. The number of hydrogen-bond donors (Lipinski definition) is 1. The fourth-order valence-electron chi connectivity index (χ4n) is 3.42. The fraction of sp³-hybridized carbons (Fsp3) is 0.190. The third-order valence-corrected chi connectivity index (χ3v) is 5.31. The largest absolute Gasteiger partial charge is 0.335 e. The molecule has 1 aliphatic rings. The quantitative estimate of drug-likeness (QED) is 0.702. The summed E-state index contributed by atoms with van der Waals surface area (Å²) in [7, 11) is 0. The van der Waals surface area contributed by atoms with Crippen LogP contribution in [0, 0.1) is 5.82 Å². The van der Waals surface area contributed by atoms with Crippen LogP contribution in [0.4, 0.5) is 4.39 Å². The molecule has 1 N–H and O–H groups in total. The van der Waals surface area contributed by atoms with Gasteiger partial charge in [-0.3, -0.25) is 14.4 Å². The number of hydrogen-bond acceptors (Lipinski definition) is 3. The van der Waals surface area contributed by atoms with Gasteiger partial charge in [0, 0.05) is 31.7 Å². The zero-order chi connectivity index (χ0) is 20.5. The van der Waals surface area contributed by atoms with Crippen molar-refractivity contribution in [2.75, 3.05) is 26.2 Å². The van der Waals surface area contributed by atoms with Gasteiger partial charge in [-0.25, -0.2) is 4.39 Å². The van der Waals surface area contributed by atoms with E-state index in [1.807, 2.05) is 18.2 Å². The van der Waals surface area contributed by atoms with Gasteiger partial charge in [-0.1, -0.05) is 29.8 Å². The van der Waals surface area contributed by atoms with Gasteiger partial charge in [-0.05, 0) is 35.7 Å². The van der Waals surface area contributed by atoms with Gasteiger partial charge in [0.1, 0.15) is 11.4 Å². The van der Waals surface area contributed by atoms with Gasteiger partial charge in [-0.2, -0.15) is 0 Å². The van der Waals surface area contributed by atoms with Crippen LogP contribution in [0.1, 0.15) is 20.7 Å². The maximum atomic E-state index is 13.2. The fourth-order valence-corrected chi connectivity index (χ4v) is 3.67. The lowest BCUT2D eigenvalue weighted by atomic mass is 10.1. The van der Waals surface area contributed by atoms with E-state index in [0.29, 0.717) is 18.6 Å². The minimum atomic E-state index is -0.512. The molecule has 1 aromatic heterocycles. The molecule has 4 rings (SSSR count). The van der Waals surface area contributed by atoms with Crippen molar-refractivity contribution < 1.29 is 14.0 Å². The first-order chi connectivity index (χ1) is 13.9. The van der Waals surface area contributed by atoms with Gasteiger partial charge < -0.3 is 14.8 Å². The van der Waals surface area contributed by atoms with Crippen LogP contribution in [0.5, 0.6) is 0 Å². The summed E-state index contributed by atoms with van der Waals surface area (Å²) < 4.78 is 13.2. The molecular weight excluding hydrogens is 397 g/mol. The zero-order valence-corrected chi connectivity index (χ0v) is 16.1. The van der Waals surface area contributed by atoms with Crippen LogP contribution in [-0.4, -0.2) is 52.8 Å². The van der Waals surface area contributed by atoms with E-state index in [4.69, 9.17) is 11.6 Å². The maximum absolute atomic E-state index is 13.2. The Morgan fingerprint density at radius 1 is 0.897 bits per heavy atom. The van der Waals surface area contributed by atoms with Crippen LogP contribution in [0.3, 0.4) is 0 Å². The van der Waals surface area contributed by atoms with Crippen molar-refractivity contribution in [2.24, 2.45) is 0 Å². The summed E-state index contributed by atoms with van der Waals surface area (Å²) >= 11 is 5.98. The molecule has 6 nitrogen and oxygen atoms in total. The summed E-state index contributed by atoms with van der Waals surface area (Å²) in [6, 6.07) is 12.5. The van der Waals surface area contributed by atoms with Gasteiger partial charge in [0.05, 0.1) is 10.6 Å². The summed E-state index contributed by atoms with van der Waals surface area (Å²) in [4.78, 5) is 43.6. The SMILES string of the molecule is O=C(c1ccc(F)cc1Cl)N1CCN(C(=O)c2cc3ccccc3[nH]c2=O)CC1. The molecule has 2 amide bonds. The Morgan fingerprint density at radius 3 is 2.17 bits per heavy atom. The van der Waals surface area contributed by atoms with E-state index in [1.165, 1.54) is 12.1 Å². The first-order valence-electron chi connectivity index (χ1n) is 9.10. The minimum Gasteiger partial charge on any atom is -0.335 e. The van der Waals surface area contributed by atoms with Crippen molar-refractivity contribution in [1.82, 2.24) is 14.8 Å². The number of para-hydroxylation sites is 1. The third-order valence-electron chi connectivity index (χ3n) is 5.00. The van der Waals surface area contributed by atoms with E-state index < -0.39 is 11.4 Å². The molecule has 0 saturated carbocycles. The summed E-state index contributed by atoms with van der Waals surface area (Å²) in [5.41, 5.74) is 0.523. The highest BCUT2D eigenvalue weighted by Crippen LogP contribution is 2.20. The van der Waals surface area contributed by atoms with E-state index in [-0.39, 0.29) is 41.1 Å². The minimum absolute atomic E-state index is 0.0520. The van der Waals surface area contributed by atoms with Gasteiger partial charge in [0.2, 0.25) is 0 Å². The van der Waals surface area contributed by atoms with Crippen molar-refractivity contribution in [2.45, 2.75) is 0 Å². The molecular formula is C21H17ClFN3O3. The predicted octanol–water partition coefficient (Wildman–Crippen LogP) is 2.92. The highest BCUT2D eigenvalue weighted by Gasteiger charge is 2.27.